The highest BCUT2D eigenvalue weighted by molar-refractivity contribution is 5.76. The second kappa shape index (κ2) is 7.17. The van der Waals surface area contributed by atoms with Gasteiger partial charge in [0.25, 0.3) is 0 Å². The van der Waals surface area contributed by atoms with Crippen LogP contribution in [0.4, 0.5) is 5.69 Å². The number of hydrogen-bond donors (Lipinski definition) is 2. The van der Waals surface area contributed by atoms with Crippen molar-refractivity contribution in [2.45, 2.75) is 44.9 Å². The van der Waals surface area contributed by atoms with E-state index in [9.17, 15) is 4.79 Å². The summed E-state index contributed by atoms with van der Waals surface area (Å²) in [7, 11) is 0. The van der Waals surface area contributed by atoms with Crippen LogP contribution in [0.2, 0.25) is 0 Å². The van der Waals surface area contributed by atoms with E-state index in [2.05, 4.69) is 5.32 Å². The van der Waals surface area contributed by atoms with Crippen LogP contribution in [0.1, 0.15) is 44.1 Å². The van der Waals surface area contributed by atoms with E-state index in [0.717, 1.165) is 24.2 Å². The summed E-state index contributed by atoms with van der Waals surface area (Å²) in [6.45, 7) is 0.857. The van der Waals surface area contributed by atoms with Gasteiger partial charge in [-0.3, -0.25) is 4.79 Å². The Morgan fingerprint density at radius 1 is 1.26 bits per heavy atom. The molecular weight excluding hydrogens is 236 g/mol. The summed E-state index contributed by atoms with van der Waals surface area (Å²) < 4.78 is 0. The van der Waals surface area contributed by atoms with E-state index in [-0.39, 0.29) is 5.91 Å². The van der Waals surface area contributed by atoms with Gasteiger partial charge >= 0.3 is 0 Å². The van der Waals surface area contributed by atoms with E-state index < -0.39 is 0 Å². The molecule has 0 radical (unpaired) electrons. The van der Waals surface area contributed by atoms with E-state index in [4.69, 9.17) is 5.73 Å². The molecule has 1 aliphatic rings. The molecule has 1 aromatic rings. The van der Waals surface area contributed by atoms with Gasteiger partial charge in [-0.1, -0.05) is 31.4 Å². The van der Waals surface area contributed by atoms with Crippen molar-refractivity contribution >= 4 is 11.6 Å². The van der Waals surface area contributed by atoms with Gasteiger partial charge in [0.05, 0.1) is 0 Å². The monoisotopic (exact) mass is 260 g/mol. The summed E-state index contributed by atoms with van der Waals surface area (Å²) >= 11 is 0. The first kappa shape index (κ1) is 13.9. The van der Waals surface area contributed by atoms with Crippen molar-refractivity contribution in [2.75, 3.05) is 12.3 Å². The second-order valence-corrected chi connectivity index (χ2v) is 5.55. The van der Waals surface area contributed by atoms with Crippen LogP contribution in [0.15, 0.2) is 24.3 Å². The van der Waals surface area contributed by atoms with Gasteiger partial charge < -0.3 is 11.1 Å². The number of benzene rings is 1. The Kier molecular flexibility index (Phi) is 5.25. The molecule has 104 valence electrons. The lowest BCUT2D eigenvalue weighted by Gasteiger charge is -2.21. The Morgan fingerprint density at radius 2 is 2.05 bits per heavy atom. The molecule has 0 unspecified atom stereocenters. The summed E-state index contributed by atoms with van der Waals surface area (Å²) in [6, 6.07) is 7.76. The number of rotatable bonds is 5. The highest BCUT2D eigenvalue weighted by atomic mass is 16.1. The molecule has 1 aliphatic carbocycles. The molecule has 2 rings (SSSR count). The second-order valence-electron chi connectivity index (χ2n) is 5.55. The molecule has 0 bridgehead atoms. The zero-order valence-electron chi connectivity index (χ0n) is 11.5. The van der Waals surface area contributed by atoms with E-state index in [1.54, 1.807) is 0 Å². The first-order valence-corrected chi connectivity index (χ1v) is 7.35. The molecule has 0 spiro atoms. The highest BCUT2D eigenvalue weighted by Gasteiger charge is 2.14. The fraction of sp³-hybridized carbons (Fsp3) is 0.562. The number of nitrogens with two attached hydrogens (primary N) is 1. The first-order valence-electron chi connectivity index (χ1n) is 7.35. The predicted octanol–water partition coefficient (Wildman–Crippen LogP) is 2.90. The van der Waals surface area contributed by atoms with Crippen molar-refractivity contribution in [1.29, 1.82) is 0 Å². The van der Waals surface area contributed by atoms with Crippen molar-refractivity contribution < 1.29 is 4.79 Å². The summed E-state index contributed by atoms with van der Waals surface area (Å²) in [5.74, 6) is 0.859. The van der Waals surface area contributed by atoms with Crippen molar-refractivity contribution in [3.63, 3.8) is 0 Å². The normalized spacial score (nSPS) is 16.2. The van der Waals surface area contributed by atoms with Crippen LogP contribution in [-0.2, 0) is 11.2 Å². The Bertz CT molecular complexity index is 411. The molecule has 3 heteroatoms. The van der Waals surface area contributed by atoms with Gasteiger partial charge in [-0.05, 0) is 42.9 Å². The zero-order chi connectivity index (χ0) is 13.5. The quantitative estimate of drug-likeness (QED) is 0.800. The fourth-order valence-corrected chi connectivity index (χ4v) is 2.74. The van der Waals surface area contributed by atoms with Gasteiger partial charge in [0.2, 0.25) is 5.91 Å². The molecule has 0 saturated heterocycles. The van der Waals surface area contributed by atoms with Gasteiger partial charge in [-0.15, -0.1) is 0 Å². The molecule has 0 aromatic heterocycles. The number of carbonyl (C=O) groups is 1. The molecule has 1 aromatic carbocycles. The number of aryl methyl sites for hydroxylation is 1. The van der Waals surface area contributed by atoms with Crippen LogP contribution in [-0.4, -0.2) is 12.5 Å². The van der Waals surface area contributed by atoms with Crippen LogP contribution in [0, 0.1) is 5.92 Å². The summed E-state index contributed by atoms with van der Waals surface area (Å²) in [4.78, 5) is 11.8. The van der Waals surface area contributed by atoms with Gasteiger partial charge in [0.1, 0.15) is 0 Å². The molecule has 0 aliphatic heterocycles. The lowest BCUT2D eigenvalue weighted by atomic mass is 9.89. The lowest BCUT2D eigenvalue weighted by Crippen LogP contribution is -2.30. The maximum absolute atomic E-state index is 11.8. The standard InChI is InChI=1S/C16H24N2O/c17-15-8-4-7-13(11-15)9-10-16(19)18-12-14-5-2-1-3-6-14/h4,7-8,11,14H,1-3,5-6,9-10,12,17H2,(H,18,19). The third-order valence-corrected chi connectivity index (χ3v) is 3.90. The number of carbonyl (C=O) groups excluding carboxylic acids is 1. The first-order chi connectivity index (χ1) is 9.24. The lowest BCUT2D eigenvalue weighted by molar-refractivity contribution is -0.121. The average Bonchev–Trinajstić information content (AvgIpc) is 2.44. The highest BCUT2D eigenvalue weighted by Crippen LogP contribution is 2.22. The average molecular weight is 260 g/mol. The molecule has 1 amide bonds. The molecular formula is C16H24N2O. The minimum absolute atomic E-state index is 0.160. The van der Waals surface area contributed by atoms with E-state index in [0.29, 0.717) is 12.3 Å². The number of anilines is 1. The third kappa shape index (κ3) is 4.93. The smallest absolute Gasteiger partial charge is 0.220 e. The van der Waals surface area contributed by atoms with Crippen LogP contribution in [0.25, 0.3) is 0 Å². The summed E-state index contributed by atoms with van der Waals surface area (Å²) in [5, 5.41) is 3.07. The largest absolute Gasteiger partial charge is 0.399 e. The van der Waals surface area contributed by atoms with Crippen molar-refractivity contribution in [3.8, 4) is 0 Å². The van der Waals surface area contributed by atoms with Gasteiger partial charge in [-0.25, -0.2) is 0 Å². The minimum Gasteiger partial charge on any atom is -0.399 e. The molecule has 1 fully saturated rings. The predicted molar refractivity (Wildman–Crippen MR) is 78.8 cm³/mol. The van der Waals surface area contributed by atoms with Crippen LogP contribution in [0.5, 0.6) is 0 Å². The number of nitrogen functional groups attached to an aromatic ring is 1. The Labute approximate surface area is 115 Å². The van der Waals surface area contributed by atoms with Crippen LogP contribution < -0.4 is 11.1 Å². The number of hydrogen-bond acceptors (Lipinski definition) is 2. The van der Waals surface area contributed by atoms with Gasteiger partial charge in [0.15, 0.2) is 0 Å². The van der Waals surface area contributed by atoms with Gasteiger partial charge in [0, 0.05) is 18.7 Å². The molecule has 3 N–H and O–H groups in total. The maximum Gasteiger partial charge on any atom is 0.220 e. The summed E-state index contributed by atoms with van der Waals surface area (Å²) in [5.41, 5.74) is 7.62. The van der Waals surface area contributed by atoms with Gasteiger partial charge in [-0.2, -0.15) is 0 Å². The molecule has 0 atom stereocenters. The fourth-order valence-electron chi connectivity index (χ4n) is 2.74. The number of amides is 1. The van der Waals surface area contributed by atoms with E-state index in [1.165, 1.54) is 32.1 Å². The van der Waals surface area contributed by atoms with E-state index >= 15 is 0 Å². The SMILES string of the molecule is Nc1cccc(CCC(=O)NCC2CCCCC2)c1. The summed E-state index contributed by atoms with van der Waals surface area (Å²) in [6.07, 6.45) is 7.87. The third-order valence-electron chi connectivity index (χ3n) is 3.90. The zero-order valence-corrected chi connectivity index (χ0v) is 11.5. The van der Waals surface area contributed by atoms with E-state index in [1.807, 2.05) is 24.3 Å². The Hall–Kier alpha value is -1.51. The van der Waals surface area contributed by atoms with Crippen molar-refractivity contribution in [2.24, 2.45) is 5.92 Å². The van der Waals surface area contributed by atoms with Crippen LogP contribution in [0.3, 0.4) is 0 Å². The molecule has 0 heterocycles. The maximum atomic E-state index is 11.8. The van der Waals surface area contributed by atoms with Crippen molar-refractivity contribution in [1.82, 2.24) is 5.32 Å². The number of nitrogens with one attached hydrogen (secondary N) is 1. The topological polar surface area (TPSA) is 55.1 Å². The molecule has 19 heavy (non-hydrogen) atoms. The molecule has 1 saturated carbocycles. The Morgan fingerprint density at radius 3 is 2.79 bits per heavy atom. The minimum atomic E-state index is 0.160. The molecule has 3 nitrogen and oxygen atoms in total. The Balaban J connectivity index is 1.66. The van der Waals surface area contributed by atoms with Crippen LogP contribution >= 0.6 is 0 Å². The van der Waals surface area contributed by atoms with Crippen molar-refractivity contribution in [3.05, 3.63) is 29.8 Å².